The van der Waals surface area contributed by atoms with Crippen LogP contribution >= 0.6 is 0 Å². The number of para-hydroxylation sites is 3. The molecule has 5 rings (SSSR count). The van der Waals surface area contributed by atoms with Crippen molar-refractivity contribution in [3.8, 4) is 5.75 Å². The van der Waals surface area contributed by atoms with Crippen molar-refractivity contribution >= 4 is 34.1 Å². The fourth-order valence-corrected chi connectivity index (χ4v) is 4.05. The Morgan fingerprint density at radius 1 is 0.900 bits per heavy atom. The van der Waals surface area contributed by atoms with Gasteiger partial charge in [0, 0.05) is 40.8 Å². The molecule has 0 N–H and O–H groups in total. The van der Waals surface area contributed by atoms with Crippen molar-refractivity contribution in [1.29, 1.82) is 0 Å². The van der Waals surface area contributed by atoms with E-state index in [4.69, 9.17) is 4.74 Å². The minimum atomic E-state index is 0.0282. The number of carbonyl (C=O) groups excluding carboxylic acids is 1. The Kier molecular flexibility index (Phi) is 4.60. The van der Waals surface area contributed by atoms with Crippen LogP contribution < -0.4 is 9.64 Å². The van der Waals surface area contributed by atoms with E-state index in [1.165, 1.54) is 0 Å². The molecule has 1 amide bonds. The average Bonchev–Trinajstić information content (AvgIpc) is 3.26. The van der Waals surface area contributed by atoms with Crippen molar-refractivity contribution in [1.82, 2.24) is 4.57 Å². The minimum Gasteiger partial charge on any atom is -0.492 e. The molecule has 148 valence electrons. The zero-order valence-electron chi connectivity index (χ0n) is 16.8. The summed E-state index contributed by atoms with van der Waals surface area (Å²) >= 11 is 0. The summed E-state index contributed by atoms with van der Waals surface area (Å²) in [6, 6.07) is 26.1. The Bertz CT molecular complexity index is 1250. The first-order valence-corrected chi connectivity index (χ1v) is 10.1. The molecule has 1 aliphatic rings. The van der Waals surface area contributed by atoms with Crippen molar-refractivity contribution in [2.24, 2.45) is 0 Å². The molecule has 30 heavy (non-hydrogen) atoms. The second-order valence-corrected chi connectivity index (χ2v) is 7.40. The maximum Gasteiger partial charge on any atom is 0.258 e. The van der Waals surface area contributed by atoms with Crippen LogP contribution in [0.4, 0.5) is 5.69 Å². The van der Waals surface area contributed by atoms with Gasteiger partial charge in [-0.15, -0.1) is 0 Å². The minimum absolute atomic E-state index is 0.0282. The van der Waals surface area contributed by atoms with E-state index < -0.39 is 0 Å². The molecule has 0 fully saturated rings. The number of ether oxygens (including phenoxy) is 1. The van der Waals surface area contributed by atoms with Crippen LogP contribution in [0.15, 0.2) is 85.1 Å². The van der Waals surface area contributed by atoms with E-state index in [9.17, 15) is 4.79 Å². The highest BCUT2D eigenvalue weighted by Gasteiger charge is 2.29. The average molecular weight is 394 g/mol. The van der Waals surface area contributed by atoms with Crippen LogP contribution in [0.25, 0.3) is 22.6 Å². The lowest BCUT2D eigenvalue weighted by molar-refractivity contribution is -0.112. The molecule has 0 saturated carbocycles. The lowest BCUT2D eigenvalue weighted by atomic mass is 10.0. The second kappa shape index (κ2) is 7.56. The zero-order valence-corrected chi connectivity index (χ0v) is 16.8. The third-order valence-corrected chi connectivity index (χ3v) is 5.55. The highest BCUT2D eigenvalue weighted by molar-refractivity contribution is 6.36. The van der Waals surface area contributed by atoms with E-state index in [2.05, 4.69) is 22.9 Å². The number of likely N-dealkylation sites (N-methyl/N-ethyl adjacent to an activating group) is 1. The zero-order chi connectivity index (χ0) is 20.5. The number of amides is 1. The van der Waals surface area contributed by atoms with E-state index in [1.807, 2.05) is 79.9 Å². The summed E-state index contributed by atoms with van der Waals surface area (Å²) in [4.78, 5) is 14.6. The largest absolute Gasteiger partial charge is 0.492 e. The molecule has 4 nitrogen and oxygen atoms in total. The van der Waals surface area contributed by atoms with E-state index in [-0.39, 0.29) is 5.91 Å². The van der Waals surface area contributed by atoms with Gasteiger partial charge >= 0.3 is 0 Å². The Hall–Kier alpha value is -3.79. The predicted molar refractivity (Wildman–Crippen MR) is 122 cm³/mol. The van der Waals surface area contributed by atoms with Crippen molar-refractivity contribution in [3.63, 3.8) is 0 Å². The third kappa shape index (κ3) is 3.16. The molecule has 1 aromatic heterocycles. The fraction of sp³-hybridized carbons (Fsp3) is 0.115. The Balaban J connectivity index is 1.49. The molecule has 0 unspecified atom stereocenters. The van der Waals surface area contributed by atoms with Crippen LogP contribution in [0.2, 0.25) is 0 Å². The molecule has 0 saturated heterocycles. The lowest BCUT2D eigenvalue weighted by Gasteiger charge is -2.08. The molecule has 2 heterocycles. The molecule has 3 aromatic carbocycles. The van der Waals surface area contributed by atoms with Gasteiger partial charge in [0.15, 0.2) is 0 Å². The Morgan fingerprint density at radius 3 is 2.50 bits per heavy atom. The molecular formula is C26H22N2O2. The topological polar surface area (TPSA) is 34.5 Å². The molecule has 4 heteroatoms. The van der Waals surface area contributed by atoms with Crippen LogP contribution in [0, 0.1) is 0 Å². The molecule has 0 spiro atoms. The van der Waals surface area contributed by atoms with Gasteiger partial charge in [-0.3, -0.25) is 4.79 Å². The van der Waals surface area contributed by atoms with Crippen molar-refractivity contribution in [3.05, 3.63) is 96.2 Å². The van der Waals surface area contributed by atoms with Gasteiger partial charge in [0.05, 0.1) is 12.2 Å². The summed E-state index contributed by atoms with van der Waals surface area (Å²) in [6.45, 7) is 1.30. The first-order chi connectivity index (χ1) is 14.7. The predicted octanol–water partition coefficient (Wildman–Crippen LogP) is 5.24. The van der Waals surface area contributed by atoms with E-state index in [0.29, 0.717) is 6.61 Å². The van der Waals surface area contributed by atoms with Crippen LogP contribution in [0.3, 0.4) is 0 Å². The fourth-order valence-electron chi connectivity index (χ4n) is 4.05. The van der Waals surface area contributed by atoms with Gasteiger partial charge in [0.1, 0.15) is 12.4 Å². The Morgan fingerprint density at radius 2 is 1.63 bits per heavy atom. The molecule has 0 bridgehead atoms. The molecular weight excluding hydrogens is 372 g/mol. The van der Waals surface area contributed by atoms with Crippen molar-refractivity contribution in [2.75, 3.05) is 18.6 Å². The number of fused-ring (bicyclic) bond motifs is 2. The van der Waals surface area contributed by atoms with Gasteiger partial charge in [0.2, 0.25) is 0 Å². The Labute approximate surface area is 175 Å². The van der Waals surface area contributed by atoms with Gasteiger partial charge in [-0.2, -0.15) is 0 Å². The van der Waals surface area contributed by atoms with Crippen LogP contribution in [0.5, 0.6) is 5.75 Å². The molecule has 1 aliphatic heterocycles. The van der Waals surface area contributed by atoms with Gasteiger partial charge < -0.3 is 14.2 Å². The van der Waals surface area contributed by atoms with E-state index in [0.717, 1.165) is 45.6 Å². The smallest absolute Gasteiger partial charge is 0.258 e. The van der Waals surface area contributed by atoms with Gasteiger partial charge in [-0.1, -0.05) is 54.6 Å². The monoisotopic (exact) mass is 394 g/mol. The number of nitrogens with zero attached hydrogens (tertiary/aromatic N) is 2. The number of carbonyl (C=O) groups is 1. The molecule has 0 atom stereocenters. The highest BCUT2D eigenvalue weighted by atomic mass is 16.5. The van der Waals surface area contributed by atoms with Crippen molar-refractivity contribution < 1.29 is 9.53 Å². The number of benzene rings is 3. The quantitative estimate of drug-likeness (QED) is 0.434. The van der Waals surface area contributed by atoms with E-state index >= 15 is 0 Å². The molecule has 0 radical (unpaired) electrons. The van der Waals surface area contributed by atoms with E-state index in [1.54, 1.807) is 4.90 Å². The van der Waals surface area contributed by atoms with Gasteiger partial charge in [-0.25, -0.2) is 0 Å². The van der Waals surface area contributed by atoms with Crippen molar-refractivity contribution in [2.45, 2.75) is 6.54 Å². The maximum atomic E-state index is 12.9. The summed E-state index contributed by atoms with van der Waals surface area (Å²) in [7, 11) is 1.83. The summed E-state index contributed by atoms with van der Waals surface area (Å²) in [5.41, 5.74) is 4.84. The summed E-state index contributed by atoms with van der Waals surface area (Å²) in [5, 5.41) is 1.13. The SMILES string of the molecule is CN1C(=O)/C(=C\c2cn(CCOc3ccccc3)c3ccccc23)c2ccccc21. The first kappa shape index (κ1) is 18.3. The molecule has 0 aliphatic carbocycles. The van der Waals surface area contributed by atoms with Gasteiger partial charge in [-0.05, 0) is 30.3 Å². The third-order valence-electron chi connectivity index (χ3n) is 5.55. The van der Waals surface area contributed by atoms with Crippen LogP contribution in [0.1, 0.15) is 11.1 Å². The van der Waals surface area contributed by atoms with Crippen LogP contribution in [-0.2, 0) is 11.3 Å². The van der Waals surface area contributed by atoms with Crippen LogP contribution in [-0.4, -0.2) is 24.1 Å². The van der Waals surface area contributed by atoms with Gasteiger partial charge in [0.25, 0.3) is 5.91 Å². The number of hydrogen-bond donors (Lipinski definition) is 0. The number of aromatic nitrogens is 1. The second-order valence-electron chi connectivity index (χ2n) is 7.40. The first-order valence-electron chi connectivity index (χ1n) is 10.1. The summed E-state index contributed by atoms with van der Waals surface area (Å²) < 4.78 is 8.08. The standard InChI is InChI=1S/C26H22N2O2/c1-27-24-13-7-6-12-22(24)23(26(27)29)17-19-18-28(25-14-8-5-11-21(19)25)15-16-30-20-9-3-2-4-10-20/h2-14,17-18H,15-16H2,1H3/b23-17-. The summed E-state index contributed by atoms with van der Waals surface area (Å²) in [6.07, 6.45) is 4.13. The number of hydrogen-bond acceptors (Lipinski definition) is 2. The number of anilines is 1. The summed E-state index contributed by atoms with van der Waals surface area (Å²) in [5.74, 6) is 0.896. The normalized spacial score (nSPS) is 14.5. The highest BCUT2D eigenvalue weighted by Crippen LogP contribution is 2.37. The number of rotatable bonds is 5. The maximum absolute atomic E-state index is 12.9. The lowest BCUT2D eigenvalue weighted by Crippen LogP contribution is -2.20. The molecule has 4 aromatic rings.